The Kier molecular flexibility index (Phi) is 4.37. The van der Waals surface area contributed by atoms with E-state index < -0.39 is 0 Å². The summed E-state index contributed by atoms with van der Waals surface area (Å²) in [6, 6.07) is 8.65. The number of aryl methyl sites for hydroxylation is 1. The highest BCUT2D eigenvalue weighted by Gasteiger charge is 2.10. The zero-order chi connectivity index (χ0) is 9.97. The van der Waals surface area contributed by atoms with Crippen LogP contribution in [0.2, 0.25) is 0 Å². The summed E-state index contributed by atoms with van der Waals surface area (Å²) in [6.07, 6.45) is 3.53. The van der Waals surface area contributed by atoms with Crippen molar-refractivity contribution in [1.29, 1.82) is 0 Å². The Morgan fingerprint density at radius 2 is 1.93 bits per heavy atom. The van der Waals surface area contributed by atoms with E-state index in [0.717, 1.165) is 6.54 Å². The van der Waals surface area contributed by atoms with Gasteiger partial charge in [0.05, 0.1) is 0 Å². The summed E-state index contributed by atoms with van der Waals surface area (Å²) < 4.78 is 0. The molecule has 2 heteroatoms. The third kappa shape index (κ3) is 2.83. The van der Waals surface area contributed by atoms with Crippen molar-refractivity contribution in [2.75, 3.05) is 20.1 Å². The van der Waals surface area contributed by atoms with Crippen molar-refractivity contribution in [2.45, 2.75) is 13.3 Å². The van der Waals surface area contributed by atoms with Crippen LogP contribution in [-0.4, -0.2) is 25.0 Å². The lowest BCUT2D eigenvalue weighted by atomic mass is 9.96. The van der Waals surface area contributed by atoms with Gasteiger partial charge >= 0.3 is 0 Å². The van der Waals surface area contributed by atoms with Crippen molar-refractivity contribution in [1.82, 2.24) is 4.90 Å². The smallest absolute Gasteiger partial charge is 0.0166 e. The molecular formula is C13H18ClN. The van der Waals surface area contributed by atoms with Crippen molar-refractivity contribution >= 4 is 18.0 Å². The molecule has 0 fully saturated rings. The molecule has 0 saturated carbocycles. The summed E-state index contributed by atoms with van der Waals surface area (Å²) >= 11 is 0. The maximum absolute atomic E-state index is 2.35. The van der Waals surface area contributed by atoms with E-state index in [1.807, 2.05) is 0 Å². The molecule has 0 bridgehead atoms. The van der Waals surface area contributed by atoms with Crippen LogP contribution in [0.25, 0.3) is 5.57 Å². The second-order valence-electron chi connectivity index (χ2n) is 4.06. The topological polar surface area (TPSA) is 3.24 Å². The Hall–Kier alpha value is -0.790. The molecule has 0 N–H and O–H groups in total. The van der Waals surface area contributed by atoms with Crippen LogP contribution in [0.4, 0.5) is 0 Å². The largest absolute Gasteiger partial charge is 0.302 e. The van der Waals surface area contributed by atoms with Crippen LogP contribution >= 0.6 is 12.4 Å². The summed E-state index contributed by atoms with van der Waals surface area (Å²) in [5.41, 5.74) is 4.34. The normalized spacial score (nSPS) is 16.8. The Morgan fingerprint density at radius 1 is 1.20 bits per heavy atom. The maximum Gasteiger partial charge on any atom is 0.0166 e. The lowest BCUT2D eigenvalue weighted by Crippen LogP contribution is -2.23. The molecule has 1 aliphatic heterocycles. The number of likely N-dealkylation sites (N-methyl/N-ethyl adjacent to an activating group) is 1. The van der Waals surface area contributed by atoms with Gasteiger partial charge in [-0.3, -0.25) is 0 Å². The van der Waals surface area contributed by atoms with Gasteiger partial charge in [0.15, 0.2) is 0 Å². The van der Waals surface area contributed by atoms with Crippen LogP contribution in [0.5, 0.6) is 0 Å². The molecule has 0 unspecified atom stereocenters. The standard InChI is InChI=1S/C13H17N.ClH/c1-11-5-3-4-6-13(11)12-7-9-14(2)10-8-12;/h3-7H,8-10H2,1-2H3;1H. The van der Waals surface area contributed by atoms with Crippen molar-refractivity contribution in [3.05, 3.63) is 41.5 Å². The van der Waals surface area contributed by atoms with E-state index in [2.05, 4.69) is 49.2 Å². The lowest BCUT2D eigenvalue weighted by molar-refractivity contribution is 0.370. The van der Waals surface area contributed by atoms with E-state index in [-0.39, 0.29) is 12.4 Å². The fraction of sp³-hybridized carbons (Fsp3) is 0.385. The zero-order valence-corrected chi connectivity index (χ0v) is 10.2. The molecule has 15 heavy (non-hydrogen) atoms. The number of benzene rings is 1. The molecule has 1 aromatic rings. The van der Waals surface area contributed by atoms with Gasteiger partial charge in [-0.25, -0.2) is 0 Å². The van der Waals surface area contributed by atoms with Gasteiger partial charge in [0.1, 0.15) is 0 Å². The molecule has 0 aliphatic carbocycles. The Bertz CT molecular complexity index is 357. The van der Waals surface area contributed by atoms with Crippen LogP contribution in [0.1, 0.15) is 17.5 Å². The van der Waals surface area contributed by atoms with Crippen LogP contribution in [0.3, 0.4) is 0 Å². The van der Waals surface area contributed by atoms with E-state index >= 15 is 0 Å². The van der Waals surface area contributed by atoms with Crippen LogP contribution in [0, 0.1) is 6.92 Å². The third-order valence-corrected chi connectivity index (χ3v) is 2.90. The molecule has 0 amide bonds. The van der Waals surface area contributed by atoms with E-state index in [1.54, 1.807) is 0 Å². The summed E-state index contributed by atoms with van der Waals surface area (Å²) in [5, 5.41) is 0. The number of nitrogens with zero attached hydrogens (tertiary/aromatic N) is 1. The van der Waals surface area contributed by atoms with Crippen molar-refractivity contribution < 1.29 is 0 Å². The van der Waals surface area contributed by atoms with Crippen LogP contribution in [0.15, 0.2) is 30.3 Å². The monoisotopic (exact) mass is 223 g/mol. The second-order valence-corrected chi connectivity index (χ2v) is 4.06. The average Bonchev–Trinajstić information content (AvgIpc) is 2.20. The van der Waals surface area contributed by atoms with E-state index in [0.29, 0.717) is 0 Å². The second kappa shape index (κ2) is 5.34. The fourth-order valence-electron chi connectivity index (χ4n) is 1.95. The van der Waals surface area contributed by atoms with Gasteiger partial charge in [0, 0.05) is 13.1 Å². The highest BCUT2D eigenvalue weighted by Crippen LogP contribution is 2.24. The van der Waals surface area contributed by atoms with Crippen molar-refractivity contribution in [3.63, 3.8) is 0 Å². The summed E-state index contributed by atoms with van der Waals surface area (Å²) in [7, 11) is 2.17. The van der Waals surface area contributed by atoms with E-state index in [9.17, 15) is 0 Å². The molecule has 1 nitrogen and oxygen atoms in total. The fourth-order valence-corrected chi connectivity index (χ4v) is 1.95. The SMILES string of the molecule is Cc1ccccc1C1=CCN(C)CC1.Cl. The number of rotatable bonds is 1. The first-order chi connectivity index (χ1) is 6.77. The van der Waals surface area contributed by atoms with Crippen LogP contribution in [-0.2, 0) is 0 Å². The number of hydrogen-bond donors (Lipinski definition) is 0. The Morgan fingerprint density at radius 3 is 2.53 bits per heavy atom. The molecule has 2 rings (SSSR count). The average molecular weight is 224 g/mol. The molecule has 82 valence electrons. The van der Waals surface area contributed by atoms with Gasteiger partial charge in [-0.15, -0.1) is 12.4 Å². The summed E-state index contributed by atoms with van der Waals surface area (Å²) in [5.74, 6) is 0. The summed E-state index contributed by atoms with van der Waals surface area (Å²) in [6.45, 7) is 4.46. The first-order valence-corrected chi connectivity index (χ1v) is 5.21. The highest BCUT2D eigenvalue weighted by molar-refractivity contribution is 5.85. The van der Waals surface area contributed by atoms with Crippen molar-refractivity contribution in [2.24, 2.45) is 0 Å². The van der Waals surface area contributed by atoms with Gasteiger partial charge < -0.3 is 4.90 Å². The Balaban J connectivity index is 0.00000112. The minimum atomic E-state index is 0. The molecule has 1 aromatic carbocycles. The quantitative estimate of drug-likeness (QED) is 0.707. The molecule has 0 atom stereocenters. The predicted octanol–water partition coefficient (Wildman–Crippen LogP) is 3.14. The van der Waals surface area contributed by atoms with Gasteiger partial charge in [-0.1, -0.05) is 30.3 Å². The first-order valence-electron chi connectivity index (χ1n) is 5.21. The number of halogens is 1. The Labute approximate surface area is 98.2 Å². The van der Waals surface area contributed by atoms with Gasteiger partial charge in [0.2, 0.25) is 0 Å². The van der Waals surface area contributed by atoms with E-state index in [1.165, 1.54) is 29.7 Å². The van der Waals surface area contributed by atoms with E-state index in [4.69, 9.17) is 0 Å². The molecule has 1 heterocycles. The molecule has 0 saturated heterocycles. The molecule has 0 spiro atoms. The third-order valence-electron chi connectivity index (χ3n) is 2.90. The van der Waals surface area contributed by atoms with Crippen LogP contribution < -0.4 is 0 Å². The first kappa shape index (κ1) is 12.3. The van der Waals surface area contributed by atoms with Gasteiger partial charge in [-0.2, -0.15) is 0 Å². The molecular weight excluding hydrogens is 206 g/mol. The maximum atomic E-state index is 2.35. The van der Waals surface area contributed by atoms with Gasteiger partial charge in [0.25, 0.3) is 0 Å². The summed E-state index contributed by atoms with van der Waals surface area (Å²) in [4.78, 5) is 2.35. The lowest BCUT2D eigenvalue weighted by Gasteiger charge is -2.22. The minimum Gasteiger partial charge on any atom is -0.302 e. The minimum absolute atomic E-state index is 0. The predicted molar refractivity (Wildman–Crippen MR) is 68.5 cm³/mol. The molecule has 1 aliphatic rings. The molecule has 0 radical (unpaired) electrons. The highest BCUT2D eigenvalue weighted by atomic mass is 35.5. The molecule has 0 aromatic heterocycles. The zero-order valence-electron chi connectivity index (χ0n) is 9.36. The number of hydrogen-bond acceptors (Lipinski definition) is 1. The van der Waals surface area contributed by atoms with Gasteiger partial charge in [-0.05, 0) is 37.1 Å². The van der Waals surface area contributed by atoms with Crippen molar-refractivity contribution in [3.8, 4) is 0 Å².